The van der Waals surface area contributed by atoms with Gasteiger partial charge in [0.2, 0.25) is 0 Å². The van der Waals surface area contributed by atoms with Crippen molar-refractivity contribution < 1.29 is 0 Å². The first-order chi connectivity index (χ1) is 8.29. The summed E-state index contributed by atoms with van der Waals surface area (Å²) in [6, 6.07) is 0.536. The number of piperidine rings is 1. The predicted molar refractivity (Wildman–Crippen MR) is 73.1 cm³/mol. The molecule has 0 saturated carbocycles. The Balaban J connectivity index is 1.84. The number of halogens is 1. The molecule has 1 aromatic heterocycles. The zero-order valence-corrected chi connectivity index (χ0v) is 11.8. The lowest BCUT2D eigenvalue weighted by molar-refractivity contribution is 0.219. The molecule has 1 N–H and O–H groups in total. The topological polar surface area (TPSA) is 41.0 Å². The summed E-state index contributed by atoms with van der Waals surface area (Å²) in [5.41, 5.74) is 0. The van der Waals surface area contributed by atoms with Crippen LogP contribution in [0.2, 0.25) is 0 Å². The SMILES string of the molecule is CCCN1CCC(Nc2ncncc2Br)CC1. The van der Waals surface area contributed by atoms with Crippen molar-refractivity contribution in [1.29, 1.82) is 0 Å². The quantitative estimate of drug-likeness (QED) is 0.927. The Morgan fingerprint density at radius 2 is 2.24 bits per heavy atom. The first kappa shape index (κ1) is 12.8. The molecule has 0 amide bonds. The summed E-state index contributed by atoms with van der Waals surface area (Å²) in [5.74, 6) is 0.911. The summed E-state index contributed by atoms with van der Waals surface area (Å²) in [6.07, 6.45) is 6.99. The Hall–Kier alpha value is -0.680. The van der Waals surface area contributed by atoms with Crippen molar-refractivity contribution in [3.05, 3.63) is 17.0 Å². The van der Waals surface area contributed by atoms with Gasteiger partial charge in [-0.2, -0.15) is 0 Å². The van der Waals surface area contributed by atoms with E-state index in [-0.39, 0.29) is 0 Å². The smallest absolute Gasteiger partial charge is 0.143 e. The monoisotopic (exact) mass is 298 g/mol. The molecule has 2 rings (SSSR count). The second-order valence-electron chi connectivity index (χ2n) is 4.48. The Kier molecular flexibility index (Phi) is 4.74. The van der Waals surface area contributed by atoms with Gasteiger partial charge < -0.3 is 10.2 Å². The van der Waals surface area contributed by atoms with E-state index >= 15 is 0 Å². The summed E-state index contributed by atoms with van der Waals surface area (Å²) < 4.78 is 0.941. The minimum atomic E-state index is 0.536. The van der Waals surface area contributed by atoms with E-state index in [4.69, 9.17) is 0 Å². The van der Waals surface area contributed by atoms with Crippen molar-refractivity contribution in [2.24, 2.45) is 0 Å². The normalized spacial score (nSPS) is 18.2. The molecule has 0 unspecified atom stereocenters. The number of hydrogen-bond donors (Lipinski definition) is 1. The number of aromatic nitrogens is 2. The lowest BCUT2D eigenvalue weighted by Gasteiger charge is -2.32. The first-order valence-corrected chi connectivity index (χ1v) is 7.03. The molecule has 1 aliphatic rings. The molecule has 4 nitrogen and oxygen atoms in total. The molecular formula is C12H19BrN4. The fraction of sp³-hybridized carbons (Fsp3) is 0.667. The molecule has 0 spiro atoms. The molecule has 5 heteroatoms. The van der Waals surface area contributed by atoms with E-state index < -0.39 is 0 Å². The van der Waals surface area contributed by atoms with Gasteiger partial charge in [-0.25, -0.2) is 9.97 Å². The molecule has 1 aliphatic heterocycles. The zero-order chi connectivity index (χ0) is 12.1. The van der Waals surface area contributed by atoms with Crippen molar-refractivity contribution in [1.82, 2.24) is 14.9 Å². The van der Waals surface area contributed by atoms with Crippen molar-refractivity contribution in [2.45, 2.75) is 32.2 Å². The van der Waals surface area contributed by atoms with Gasteiger partial charge >= 0.3 is 0 Å². The molecule has 94 valence electrons. The Labute approximate surface area is 111 Å². The molecule has 0 bridgehead atoms. The molecular weight excluding hydrogens is 280 g/mol. The van der Waals surface area contributed by atoms with E-state index in [1.165, 1.54) is 38.9 Å². The molecule has 2 heterocycles. The third-order valence-corrected chi connectivity index (χ3v) is 3.72. The average molecular weight is 299 g/mol. The minimum Gasteiger partial charge on any atom is -0.366 e. The second-order valence-corrected chi connectivity index (χ2v) is 5.33. The number of hydrogen-bond acceptors (Lipinski definition) is 4. The van der Waals surface area contributed by atoms with Gasteiger partial charge in [0.1, 0.15) is 12.1 Å². The highest BCUT2D eigenvalue weighted by molar-refractivity contribution is 9.10. The Morgan fingerprint density at radius 1 is 1.47 bits per heavy atom. The van der Waals surface area contributed by atoms with Gasteiger partial charge in [-0.05, 0) is 41.7 Å². The van der Waals surface area contributed by atoms with Crippen molar-refractivity contribution in [2.75, 3.05) is 25.0 Å². The molecule has 0 aromatic carbocycles. The van der Waals surface area contributed by atoms with E-state index in [1.54, 1.807) is 12.5 Å². The van der Waals surface area contributed by atoms with Gasteiger partial charge in [0.25, 0.3) is 0 Å². The number of likely N-dealkylation sites (tertiary alicyclic amines) is 1. The summed E-state index contributed by atoms with van der Waals surface area (Å²) >= 11 is 3.46. The maximum absolute atomic E-state index is 4.25. The lowest BCUT2D eigenvalue weighted by Crippen LogP contribution is -2.39. The molecule has 1 aromatic rings. The fourth-order valence-corrected chi connectivity index (χ4v) is 2.56. The van der Waals surface area contributed by atoms with Crippen LogP contribution in [-0.2, 0) is 0 Å². The lowest BCUT2D eigenvalue weighted by atomic mass is 10.0. The van der Waals surface area contributed by atoms with Crippen LogP contribution >= 0.6 is 15.9 Å². The zero-order valence-electron chi connectivity index (χ0n) is 10.2. The van der Waals surface area contributed by atoms with E-state index in [9.17, 15) is 0 Å². The second kappa shape index (κ2) is 6.31. The molecule has 0 aliphatic carbocycles. The van der Waals surface area contributed by atoms with Crippen molar-refractivity contribution in [3.63, 3.8) is 0 Å². The van der Waals surface area contributed by atoms with Gasteiger partial charge in [0.05, 0.1) is 4.47 Å². The summed E-state index contributed by atoms with van der Waals surface area (Å²) in [5, 5.41) is 3.49. The van der Waals surface area contributed by atoms with E-state index in [0.29, 0.717) is 6.04 Å². The number of rotatable bonds is 4. The molecule has 0 atom stereocenters. The Bertz CT molecular complexity index is 350. The number of nitrogens with one attached hydrogen (secondary N) is 1. The fourth-order valence-electron chi connectivity index (χ4n) is 2.23. The van der Waals surface area contributed by atoms with Gasteiger partial charge in [-0.15, -0.1) is 0 Å². The van der Waals surface area contributed by atoms with Crippen molar-refractivity contribution in [3.8, 4) is 0 Å². The summed E-state index contributed by atoms with van der Waals surface area (Å²) in [7, 11) is 0. The highest BCUT2D eigenvalue weighted by Gasteiger charge is 2.19. The van der Waals surface area contributed by atoms with Crippen LogP contribution in [0.5, 0.6) is 0 Å². The summed E-state index contributed by atoms with van der Waals surface area (Å²) in [6.45, 7) is 5.84. The van der Waals surface area contributed by atoms with Crippen LogP contribution in [0.4, 0.5) is 5.82 Å². The van der Waals surface area contributed by atoms with Crippen LogP contribution < -0.4 is 5.32 Å². The average Bonchev–Trinajstić information content (AvgIpc) is 2.35. The van der Waals surface area contributed by atoms with Gasteiger partial charge in [0, 0.05) is 25.3 Å². The minimum absolute atomic E-state index is 0.536. The molecule has 1 fully saturated rings. The van der Waals surface area contributed by atoms with Gasteiger partial charge in [-0.1, -0.05) is 6.92 Å². The number of anilines is 1. The highest BCUT2D eigenvalue weighted by atomic mass is 79.9. The highest BCUT2D eigenvalue weighted by Crippen LogP contribution is 2.21. The van der Waals surface area contributed by atoms with Crippen LogP contribution in [0.3, 0.4) is 0 Å². The van der Waals surface area contributed by atoms with Gasteiger partial charge in [0.15, 0.2) is 0 Å². The third kappa shape index (κ3) is 3.64. The van der Waals surface area contributed by atoms with Crippen molar-refractivity contribution >= 4 is 21.7 Å². The molecule has 17 heavy (non-hydrogen) atoms. The maximum Gasteiger partial charge on any atom is 0.143 e. The van der Waals surface area contributed by atoms with Crippen LogP contribution in [0.1, 0.15) is 26.2 Å². The summed E-state index contributed by atoms with van der Waals surface area (Å²) in [4.78, 5) is 10.7. The van der Waals surface area contributed by atoms with E-state index in [0.717, 1.165) is 10.3 Å². The standard InChI is InChI=1S/C12H19BrN4/c1-2-5-17-6-3-10(4-7-17)16-12-11(13)8-14-9-15-12/h8-10H,2-7H2,1H3,(H,14,15,16). The van der Waals surface area contributed by atoms with E-state index in [1.807, 2.05) is 0 Å². The molecule has 1 saturated heterocycles. The predicted octanol–water partition coefficient (Wildman–Crippen LogP) is 2.53. The van der Waals surface area contributed by atoms with E-state index in [2.05, 4.69) is 43.0 Å². The Morgan fingerprint density at radius 3 is 2.88 bits per heavy atom. The number of nitrogens with zero attached hydrogens (tertiary/aromatic N) is 3. The van der Waals surface area contributed by atoms with Crippen LogP contribution in [0.25, 0.3) is 0 Å². The first-order valence-electron chi connectivity index (χ1n) is 6.24. The maximum atomic E-state index is 4.25. The third-order valence-electron chi connectivity index (χ3n) is 3.14. The van der Waals surface area contributed by atoms with Crippen LogP contribution in [-0.4, -0.2) is 40.5 Å². The van der Waals surface area contributed by atoms with Crippen LogP contribution in [0.15, 0.2) is 17.0 Å². The largest absolute Gasteiger partial charge is 0.366 e. The molecule has 0 radical (unpaired) electrons. The van der Waals surface area contributed by atoms with Crippen LogP contribution in [0, 0.1) is 0 Å². The van der Waals surface area contributed by atoms with Gasteiger partial charge in [-0.3, -0.25) is 0 Å².